The third kappa shape index (κ3) is 1.18. The normalized spacial score (nSPS) is 10.6. The minimum atomic E-state index is -0.504. The van der Waals surface area contributed by atoms with E-state index in [0.29, 0.717) is 12.0 Å². The van der Waals surface area contributed by atoms with Gasteiger partial charge in [-0.15, -0.1) is 0 Å². The van der Waals surface area contributed by atoms with Crippen molar-refractivity contribution >= 4 is 5.69 Å². The minimum Gasteiger partial charge on any atom is -0.395 e. The van der Waals surface area contributed by atoms with Crippen molar-refractivity contribution in [2.24, 2.45) is 0 Å². The summed E-state index contributed by atoms with van der Waals surface area (Å²) < 4.78 is 0. The van der Waals surface area contributed by atoms with E-state index in [1.807, 2.05) is 6.92 Å². The van der Waals surface area contributed by atoms with Crippen molar-refractivity contribution in [3.8, 4) is 0 Å². The van der Waals surface area contributed by atoms with E-state index in [4.69, 9.17) is 5.73 Å². The number of anilines is 1. The van der Waals surface area contributed by atoms with Gasteiger partial charge in [0.15, 0.2) is 0 Å². The average Bonchev–Trinajstić information content (AvgIpc) is 2.04. The van der Waals surface area contributed by atoms with Gasteiger partial charge < -0.3 is 5.73 Å². The molecule has 0 aliphatic heterocycles. The molecule has 1 aromatic rings. The summed E-state index contributed by atoms with van der Waals surface area (Å²) in [5, 5.41) is 0. The summed E-state index contributed by atoms with van der Waals surface area (Å²) in [6.07, 6.45) is 2.60. The fraction of sp³-hybridized carbons (Fsp3) is 0.500. The van der Waals surface area contributed by atoms with Crippen LogP contribution < -0.4 is 16.6 Å². The smallest absolute Gasteiger partial charge is 0.249 e. The summed E-state index contributed by atoms with van der Waals surface area (Å²) >= 11 is 0. The molecule has 60 valence electrons. The number of hydrogen-bond acceptors (Lipinski definition) is 3. The molecule has 0 bridgehead atoms. The second kappa shape index (κ2) is 2.86. The van der Waals surface area contributed by atoms with Gasteiger partial charge >= 0.3 is 0 Å². The molecule has 0 aliphatic rings. The van der Waals surface area contributed by atoms with Crippen molar-refractivity contribution in [3.63, 3.8) is 0 Å². The fourth-order valence-corrected chi connectivity index (χ4v) is 1.06. The van der Waals surface area contributed by atoms with Crippen molar-refractivity contribution in [1.82, 2.24) is 0 Å². The SMILES string of the molecule is CCCCc1c(N)c(=O)c1=O. The molecule has 0 aromatic heterocycles. The van der Waals surface area contributed by atoms with Crippen LogP contribution >= 0.6 is 0 Å². The molecular formula is C8H11NO2. The molecule has 0 unspecified atom stereocenters. The molecule has 11 heavy (non-hydrogen) atoms. The molecule has 3 heteroatoms. The van der Waals surface area contributed by atoms with Gasteiger partial charge in [0.2, 0.25) is 10.9 Å². The van der Waals surface area contributed by atoms with Crippen LogP contribution in [0.3, 0.4) is 0 Å². The molecule has 0 atom stereocenters. The van der Waals surface area contributed by atoms with Crippen molar-refractivity contribution in [2.75, 3.05) is 5.73 Å². The third-order valence-electron chi connectivity index (χ3n) is 1.83. The zero-order valence-electron chi connectivity index (χ0n) is 6.52. The molecule has 0 heterocycles. The molecule has 0 saturated carbocycles. The van der Waals surface area contributed by atoms with Crippen LogP contribution in [0.4, 0.5) is 5.69 Å². The van der Waals surface area contributed by atoms with Crippen LogP contribution in [0.1, 0.15) is 25.3 Å². The second-order valence-electron chi connectivity index (χ2n) is 2.65. The van der Waals surface area contributed by atoms with Gasteiger partial charge in [-0.3, -0.25) is 9.59 Å². The quantitative estimate of drug-likeness (QED) is 0.631. The summed E-state index contributed by atoms with van der Waals surface area (Å²) in [6.45, 7) is 2.03. The topological polar surface area (TPSA) is 60.2 Å². The molecule has 0 spiro atoms. The molecule has 0 radical (unpaired) electrons. The molecule has 0 fully saturated rings. The molecule has 1 aromatic carbocycles. The monoisotopic (exact) mass is 153 g/mol. The third-order valence-corrected chi connectivity index (χ3v) is 1.83. The Morgan fingerprint density at radius 3 is 2.36 bits per heavy atom. The average molecular weight is 153 g/mol. The predicted molar refractivity (Wildman–Crippen MR) is 44.4 cm³/mol. The van der Waals surface area contributed by atoms with Crippen molar-refractivity contribution in [1.29, 1.82) is 0 Å². The van der Waals surface area contributed by atoms with E-state index in [0.717, 1.165) is 12.8 Å². The van der Waals surface area contributed by atoms with Crippen LogP contribution in [0.2, 0.25) is 0 Å². The van der Waals surface area contributed by atoms with E-state index in [-0.39, 0.29) is 11.1 Å². The lowest BCUT2D eigenvalue weighted by atomic mass is 10.0. The van der Waals surface area contributed by atoms with Gasteiger partial charge in [-0.2, -0.15) is 0 Å². The lowest BCUT2D eigenvalue weighted by Gasteiger charge is -2.03. The van der Waals surface area contributed by atoms with Gasteiger partial charge in [0, 0.05) is 5.56 Å². The van der Waals surface area contributed by atoms with Crippen molar-refractivity contribution < 1.29 is 0 Å². The van der Waals surface area contributed by atoms with Gasteiger partial charge in [-0.1, -0.05) is 13.3 Å². The van der Waals surface area contributed by atoms with Crippen molar-refractivity contribution in [2.45, 2.75) is 26.2 Å². The highest BCUT2D eigenvalue weighted by atomic mass is 16.2. The maximum absolute atomic E-state index is 10.8. The summed E-state index contributed by atoms with van der Waals surface area (Å²) in [5.41, 5.74) is 5.15. The van der Waals surface area contributed by atoms with Gasteiger partial charge in [0.05, 0.1) is 5.69 Å². The summed E-state index contributed by atoms with van der Waals surface area (Å²) in [5.74, 6) is 0. The van der Waals surface area contributed by atoms with Gasteiger partial charge in [-0.05, 0) is 12.8 Å². The Hall–Kier alpha value is -1.12. The van der Waals surface area contributed by atoms with Crippen LogP contribution in [0.25, 0.3) is 0 Å². The van der Waals surface area contributed by atoms with Gasteiger partial charge in [0.25, 0.3) is 0 Å². The highest BCUT2D eigenvalue weighted by molar-refractivity contribution is 5.52. The van der Waals surface area contributed by atoms with E-state index >= 15 is 0 Å². The number of hydrogen-bond donors (Lipinski definition) is 1. The Bertz CT molecular complexity index is 321. The van der Waals surface area contributed by atoms with Crippen LogP contribution in [0.15, 0.2) is 9.59 Å². The minimum absolute atomic E-state index is 0.184. The first-order valence-corrected chi connectivity index (χ1v) is 3.76. The second-order valence-corrected chi connectivity index (χ2v) is 2.65. The Kier molecular flexibility index (Phi) is 2.08. The molecule has 0 saturated heterocycles. The first-order chi connectivity index (χ1) is 5.18. The summed E-state index contributed by atoms with van der Waals surface area (Å²) in [7, 11) is 0. The van der Waals surface area contributed by atoms with Crippen LogP contribution in [0.5, 0.6) is 0 Å². The van der Waals surface area contributed by atoms with E-state index in [9.17, 15) is 9.59 Å². The summed E-state index contributed by atoms with van der Waals surface area (Å²) in [4.78, 5) is 21.4. The highest BCUT2D eigenvalue weighted by Crippen LogP contribution is 2.06. The Balaban J connectivity index is 2.75. The first-order valence-electron chi connectivity index (χ1n) is 3.76. The summed E-state index contributed by atoms with van der Waals surface area (Å²) in [6, 6.07) is 0. The fourth-order valence-electron chi connectivity index (χ4n) is 1.06. The zero-order valence-corrected chi connectivity index (χ0v) is 6.52. The number of rotatable bonds is 3. The van der Waals surface area contributed by atoms with E-state index in [2.05, 4.69) is 0 Å². The number of unbranched alkanes of at least 4 members (excludes halogenated alkanes) is 1. The van der Waals surface area contributed by atoms with Crippen LogP contribution in [-0.4, -0.2) is 0 Å². The van der Waals surface area contributed by atoms with Crippen molar-refractivity contribution in [3.05, 3.63) is 26.0 Å². The maximum atomic E-state index is 10.8. The highest BCUT2D eigenvalue weighted by Gasteiger charge is 2.15. The molecule has 0 amide bonds. The Morgan fingerprint density at radius 2 is 1.91 bits per heavy atom. The Morgan fingerprint density at radius 1 is 1.27 bits per heavy atom. The largest absolute Gasteiger partial charge is 0.395 e. The van der Waals surface area contributed by atoms with Gasteiger partial charge in [0.1, 0.15) is 0 Å². The lowest BCUT2D eigenvalue weighted by molar-refractivity contribution is 0.787. The first kappa shape index (κ1) is 7.98. The lowest BCUT2D eigenvalue weighted by Crippen LogP contribution is -2.38. The van der Waals surface area contributed by atoms with E-state index in [1.165, 1.54) is 0 Å². The number of nitrogens with two attached hydrogens (primary N) is 1. The van der Waals surface area contributed by atoms with E-state index in [1.54, 1.807) is 0 Å². The van der Waals surface area contributed by atoms with Crippen LogP contribution in [-0.2, 0) is 6.42 Å². The van der Waals surface area contributed by atoms with Gasteiger partial charge in [-0.25, -0.2) is 0 Å². The van der Waals surface area contributed by atoms with E-state index < -0.39 is 5.43 Å². The standard InChI is InChI=1S/C8H11NO2/c1-2-3-4-5-6(9)8(11)7(5)10/h2-4,9H2,1H3. The molecular weight excluding hydrogens is 142 g/mol. The molecule has 0 aliphatic carbocycles. The van der Waals surface area contributed by atoms with Crippen LogP contribution in [0, 0.1) is 0 Å². The zero-order chi connectivity index (χ0) is 8.43. The molecule has 1 rings (SSSR count). The predicted octanol–water partition coefficient (Wildman–Crippen LogP) is 0.207. The number of nitrogen functional groups attached to an aromatic ring is 1. The molecule has 3 nitrogen and oxygen atoms in total. The maximum Gasteiger partial charge on any atom is 0.249 e. The Labute approximate surface area is 64.5 Å². The molecule has 2 N–H and O–H groups in total.